The maximum Gasteiger partial charge on any atom is 0.303 e. The zero-order valence-corrected chi connectivity index (χ0v) is 13.7. The molecule has 1 rings (SSSR count). The monoisotopic (exact) mass is 294 g/mol. The molecule has 0 N–H and O–H groups in total. The highest BCUT2D eigenvalue weighted by atomic mass is 31.2. The Morgan fingerprint density at radius 1 is 1.25 bits per heavy atom. The number of hydrogen-bond donors (Lipinski definition) is 0. The summed E-state index contributed by atoms with van der Waals surface area (Å²) in [6.07, 6.45) is 1.33. The predicted octanol–water partition coefficient (Wildman–Crippen LogP) is 3.94. The third-order valence-corrected chi connectivity index (χ3v) is 6.71. The average Bonchev–Trinajstić information content (AvgIpc) is 2.35. The van der Waals surface area contributed by atoms with E-state index in [2.05, 4.69) is 0 Å². The van der Waals surface area contributed by atoms with Gasteiger partial charge >= 0.3 is 5.97 Å². The summed E-state index contributed by atoms with van der Waals surface area (Å²) < 4.78 is 18.4. The van der Waals surface area contributed by atoms with E-state index >= 15 is 0 Å². The number of benzene rings is 1. The van der Waals surface area contributed by atoms with E-state index in [9.17, 15) is 9.36 Å². The summed E-state index contributed by atoms with van der Waals surface area (Å²) in [5, 5.41) is 0.430. The minimum absolute atomic E-state index is 0.340. The van der Waals surface area contributed by atoms with E-state index in [1.165, 1.54) is 6.92 Å². The van der Waals surface area contributed by atoms with Gasteiger partial charge in [0, 0.05) is 17.4 Å². The van der Waals surface area contributed by atoms with Crippen LogP contribution in [0.15, 0.2) is 42.2 Å². The molecule has 0 amide bonds. The van der Waals surface area contributed by atoms with Crippen LogP contribution in [0.4, 0.5) is 0 Å². The molecule has 0 aliphatic carbocycles. The fourth-order valence-corrected chi connectivity index (χ4v) is 4.38. The molecule has 0 radical (unpaired) electrons. The summed E-state index contributed by atoms with van der Waals surface area (Å²) in [6, 6.07) is 9.44. The maximum atomic E-state index is 13.4. The van der Waals surface area contributed by atoms with Crippen LogP contribution in [0.25, 0.3) is 0 Å². The van der Waals surface area contributed by atoms with Crippen molar-refractivity contribution in [1.82, 2.24) is 0 Å². The van der Waals surface area contributed by atoms with E-state index in [1.807, 2.05) is 51.1 Å². The quantitative estimate of drug-likeness (QED) is 0.624. The summed E-state index contributed by atoms with van der Waals surface area (Å²) in [5.74, 6) is 1.38. The number of ether oxygens (including phenoxy) is 1. The van der Waals surface area contributed by atoms with Gasteiger partial charge in [0.25, 0.3) is 0 Å². The van der Waals surface area contributed by atoms with Crippen molar-refractivity contribution in [3.8, 4) is 0 Å². The first-order valence-electron chi connectivity index (χ1n) is 6.69. The topological polar surface area (TPSA) is 43.4 Å². The van der Waals surface area contributed by atoms with Crippen LogP contribution < -0.4 is 5.30 Å². The lowest BCUT2D eigenvalue weighted by atomic mass is 10.3. The lowest BCUT2D eigenvalue weighted by molar-refractivity contribution is -0.143. The van der Waals surface area contributed by atoms with Gasteiger partial charge in [-0.3, -0.25) is 4.79 Å². The van der Waals surface area contributed by atoms with E-state index in [-0.39, 0.29) is 17.2 Å². The molecule has 0 unspecified atom stereocenters. The summed E-state index contributed by atoms with van der Waals surface area (Å²) >= 11 is 0. The predicted molar refractivity (Wildman–Crippen MR) is 83.8 cm³/mol. The molecule has 0 spiro atoms. The van der Waals surface area contributed by atoms with Crippen molar-refractivity contribution < 1.29 is 14.1 Å². The van der Waals surface area contributed by atoms with Crippen molar-refractivity contribution >= 4 is 18.4 Å². The molecule has 20 heavy (non-hydrogen) atoms. The van der Waals surface area contributed by atoms with Crippen molar-refractivity contribution in [2.45, 2.75) is 45.9 Å². The Morgan fingerprint density at radius 2 is 1.80 bits per heavy atom. The molecule has 1 aromatic carbocycles. The van der Waals surface area contributed by atoms with Gasteiger partial charge in [-0.05, 0) is 18.8 Å². The SMILES string of the molecule is CC(=O)O[C@H](C)/C=C/[P@](=O)(c1ccccc1)C(C)(C)C. The van der Waals surface area contributed by atoms with Crippen LogP contribution in [0.1, 0.15) is 34.6 Å². The van der Waals surface area contributed by atoms with Crippen LogP contribution in [0.2, 0.25) is 0 Å². The molecule has 0 fully saturated rings. The normalized spacial score (nSPS) is 16.6. The molecule has 110 valence electrons. The molecule has 0 saturated carbocycles. The first-order chi connectivity index (χ1) is 9.17. The lowest BCUT2D eigenvalue weighted by Crippen LogP contribution is -2.22. The second-order valence-electron chi connectivity index (χ2n) is 5.82. The van der Waals surface area contributed by atoms with Gasteiger partial charge in [-0.1, -0.05) is 51.1 Å². The Hall–Kier alpha value is -1.34. The Kier molecular flexibility index (Phi) is 5.35. The van der Waals surface area contributed by atoms with Gasteiger partial charge in [-0.15, -0.1) is 0 Å². The minimum Gasteiger partial charge on any atom is -0.459 e. The van der Waals surface area contributed by atoms with Crippen molar-refractivity contribution in [1.29, 1.82) is 0 Å². The Morgan fingerprint density at radius 3 is 2.25 bits per heavy atom. The fraction of sp³-hybridized carbons (Fsp3) is 0.438. The third-order valence-electron chi connectivity index (χ3n) is 3.06. The number of hydrogen-bond acceptors (Lipinski definition) is 3. The highest BCUT2D eigenvalue weighted by molar-refractivity contribution is 7.75. The number of esters is 1. The molecular weight excluding hydrogens is 271 g/mol. The van der Waals surface area contributed by atoms with Gasteiger partial charge in [0.1, 0.15) is 13.2 Å². The molecule has 4 heteroatoms. The van der Waals surface area contributed by atoms with Gasteiger partial charge in [0.2, 0.25) is 0 Å². The molecule has 0 aliphatic rings. The summed E-state index contributed by atoms with van der Waals surface area (Å²) in [5.41, 5.74) is 0. The average molecular weight is 294 g/mol. The summed E-state index contributed by atoms with van der Waals surface area (Å²) in [6.45, 7) is 9.01. The third kappa shape index (κ3) is 4.08. The molecule has 0 aliphatic heterocycles. The molecule has 0 saturated heterocycles. The molecule has 1 aromatic rings. The molecule has 3 nitrogen and oxygen atoms in total. The van der Waals surface area contributed by atoms with Crippen molar-refractivity contribution in [2.75, 3.05) is 0 Å². The van der Waals surface area contributed by atoms with Gasteiger partial charge < -0.3 is 9.30 Å². The Labute approximate surface area is 121 Å². The number of carbonyl (C=O) groups is 1. The largest absolute Gasteiger partial charge is 0.459 e. The highest BCUT2D eigenvalue weighted by Crippen LogP contribution is 2.57. The zero-order valence-electron chi connectivity index (χ0n) is 12.8. The minimum atomic E-state index is -2.72. The second kappa shape index (κ2) is 6.41. The van der Waals surface area contributed by atoms with Gasteiger partial charge in [-0.2, -0.15) is 0 Å². The van der Waals surface area contributed by atoms with E-state index < -0.39 is 7.14 Å². The Bertz CT molecular complexity index is 526. The molecular formula is C16H23O3P. The van der Waals surface area contributed by atoms with E-state index in [0.717, 1.165) is 5.30 Å². The molecule has 0 heterocycles. The Balaban J connectivity index is 3.13. The van der Waals surface area contributed by atoms with Crippen LogP contribution in [0.5, 0.6) is 0 Å². The lowest BCUT2D eigenvalue weighted by Gasteiger charge is -2.29. The van der Waals surface area contributed by atoms with E-state index in [1.54, 1.807) is 18.8 Å². The smallest absolute Gasteiger partial charge is 0.303 e. The number of carbonyl (C=O) groups excluding carboxylic acids is 1. The van der Waals surface area contributed by atoms with Crippen LogP contribution in [-0.2, 0) is 14.1 Å². The maximum absolute atomic E-state index is 13.4. The van der Waals surface area contributed by atoms with Crippen molar-refractivity contribution in [2.24, 2.45) is 0 Å². The van der Waals surface area contributed by atoms with Crippen LogP contribution in [0.3, 0.4) is 0 Å². The van der Waals surface area contributed by atoms with Crippen molar-refractivity contribution in [3.05, 3.63) is 42.2 Å². The van der Waals surface area contributed by atoms with Crippen LogP contribution in [-0.4, -0.2) is 17.2 Å². The number of rotatable bonds is 4. The van der Waals surface area contributed by atoms with Gasteiger partial charge in [-0.25, -0.2) is 0 Å². The standard InChI is InChI=1S/C16H23O3P/c1-13(19-14(2)17)11-12-20(18,16(3,4)5)15-9-7-6-8-10-15/h6-13H,1-5H3/b12-11+/t13-,20+/m1/s1. The second-order valence-corrected chi connectivity index (χ2v) is 9.29. The molecule has 0 aromatic heterocycles. The summed E-state index contributed by atoms with van der Waals surface area (Å²) in [4.78, 5) is 10.9. The van der Waals surface area contributed by atoms with Crippen molar-refractivity contribution in [3.63, 3.8) is 0 Å². The zero-order chi connectivity index (χ0) is 15.4. The molecule has 0 bridgehead atoms. The highest BCUT2D eigenvalue weighted by Gasteiger charge is 2.35. The van der Waals surface area contributed by atoms with Crippen LogP contribution in [0, 0.1) is 0 Å². The fourth-order valence-electron chi connectivity index (χ4n) is 1.89. The van der Waals surface area contributed by atoms with Crippen LogP contribution >= 0.6 is 7.14 Å². The van der Waals surface area contributed by atoms with E-state index in [0.29, 0.717) is 0 Å². The first kappa shape index (κ1) is 16.7. The first-order valence-corrected chi connectivity index (χ1v) is 8.46. The van der Waals surface area contributed by atoms with Gasteiger partial charge in [0.05, 0.1) is 0 Å². The summed E-state index contributed by atoms with van der Waals surface area (Å²) in [7, 11) is -2.72. The van der Waals surface area contributed by atoms with E-state index in [4.69, 9.17) is 4.74 Å². The molecule has 2 atom stereocenters. The van der Waals surface area contributed by atoms with Gasteiger partial charge in [0.15, 0.2) is 0 Å².